The summed E-state index contributed by atoms with van der Waals surface area (Å²) >= 11 is 5.77. The van der Waals surface area contributed by atoms with E-state index < -0.39 is 0 Å². The van der Waals surface area contributed by atoms with Crippen LogP contribution in [-0.2, 0) is 6.42 Å². The SMILES string of the molecule is CCc1nc(N)c(C)c(Cl)n1. The van der Waals surface area contributed by atoms with Gasteiger partial charge in [0.2, 0.25) is 0 Å². The Morgan fingerprint density at radius 1 is 1.45 bits per heavy atom. The van der Waals surface area contributed by atoms with E-state index in [0.29, 0.717) is 16.8 Å². The molecule has 0 radical (unpaired) electrons. The van der Waals surface area contributed by atoms with Gasteiger partial charge in [-0.1, -0.05) is 18.5 Å². The van der Waals surface area contributed by atoms with Crippen LogP contribution in [0.1, 0.15) is 18.3 Å². The molecule has 0 aliphatic rings. The molecule has 0 fully saturated rings. The molecule has 0 spiro atoms. The lowest BCUT2D eigenvalue weighted by atomic mass is 10.3. The standard InChI is InChI=1S/C7H10ClN3/c1-3-5-10-6(8)4(2)7(9)11-5/h3H2,1-2H3,(H2,9,10,11). The number of hydrogen-bond acceptors (Lipinski definition) is 3. The van der Waals surface area contributed by atoms with Crippen LogP contribution in [0.4, 0.5) is 5.82 Å². The third-order valence-corrected chi connectivity index (χ3v) is 1.85. The molecule has 0 atom stereocenters. The van der Waals surface area contributed by atoms with Crippen molar-refractivity contribution in [2.24, 2.45) is 0 Å². The van der Waals surface area contributed by atoms with E-state index in [1.807, 2.05) is 6.92 Å². The lowest BCUT2D eigenvalue weighted by Gasteiger charge is -2.02. The number of nitrogens with two attached hydrogens (primary N) is 1. The van der Waals surface area contributed by atoms with E-state index in [2.05, 4.69) is 9.97 Å². The van der Waals surface area contributed by atoms with Gasteiger partial charge in [-0.05, 0) is 6.92 Å². The van der Waals surface area contributed by atoms with Crippen molar-refractivity contribution in [2.75, 3.05) is 5.73 Å². The monoisotopic (exact) mass is 171 g/mol. The van der Waals surface area contributed by atoms with Gasteiger partial charge in [0, 0.05) is 12.0 Å². The Morgan fingerprint density at radius 3 is 2.55 bits per heavy atom. The highest BCUT2D eigenvalue weighted by atomic mass is 35.5. The normalized spacial score (nSPS) is 10.1. The Balaban J connectivity index is 3.21. The number of nitrogens with zero attached hydrogens (tertiary/aromatic N) is 2. The number of rotatable bonds is 1. The second kappa shape index (κ2) is 3.05. The summed E-state index contributed by atoms with van der Waals surface area (Å²) in [6.07, 6.45) is 0.754. The smallest absolute Gasteiger partial charge is 0.137 e. The second-order valence-corrected chi connectivity index (χ2v) is 2.65. The van der Waals surface area contributed by atoms with Crippen LogP contribution in [0.3, 0.4) is 0 Å². The molecule has 0 amide bonds. The molecular weight excluding hydrogens is 162 g/mol. The zero-order chi connectivity index (χ0) is 8.43. The lowest BCUT2D eigenvalue weighted by Crippen LogP contribution is -2.01. The van der Waals surface area contributed by atoms with Crippen molar-refractivity contribution in [3.8, 4) is 0 Å². The first-order chi connectivity index (χ1) is 5.15. The van der Waals surface area contributed by atoms with Crippen molar-refractivity contribution in [2.45, 2.75) is 20.3 Å². The Morgan fingerprint density at radius 2 is 2.09 bits per heavy atom. The van der Waals surface area contributed by atoms with Crippen LogP contribution < -0.4 is 5.73 Å². The van der Waals surface area contributed by atoms with Crippen LogP contribution in [0, 0.1) is 6.92 Å². The summed E-state index contributed by atoms with van der Waals surface area (Å²) in [7, 11) is 0. The van der Waals surface area contributed by atoms with E-state index in [0.717, 1.165) is 12.0 Å². The topological polar surface area (TPSA) is 51.8 Å². The molecular formula is C7H10ClN3. The minimum Gasteiger partial charge on any atom is -0.383 e. The third-order valence-electron chi connectivity index (χ3n) is 1.49. The highest BCUT2D eigenvalue weighted by Crippen LogP contribution is 2.16. The van der Waals surface area contributed by atoms with Gasteiger partial charge in [0.15, 0.2) is 0 Å². The van der Waals surface area contributed by atoms with E-state index in [9.17, 15) is 0 Å². The van der Waals surface area contributed by atoms with E-state index in [-0.39, 0.29) is 0 Å². The minimum absolute atomic E-state index is 0.453. The van der Waals surface area contributed by atoms with E-state index in [1.54, 1.807) is 6.92 Å². The fourth-order valence-electron chi connectivity index (χ4n) is 0.709. The van der Waals surface area contributed by atoms with Crippen molar-refractivity contribution < 1.29 is 0 Å². The molecule has 0 bridgehead atoms. The van der Waals surface area contributed by atoms with Crippen LogP contribution in [0.15, 0.2) is 0 Å². The molecule has 60 valence electrons. The third kappa shape index (κ3) is 1.60. The Labute approximate surface area is 70.6 Å². The van der Waals surface area contributed by atoms with Gasteiger partial charge in [-0.3, -0.25) is 0 Å². The van der Waals surface area contributed by atoms with Crippen LogP contribution in [0.25, 0.3) is 0 Å². The van der Waals surface area contributed by atoms with Gasteiger partial charge in [-0.2, -0.15) is 0 Å². The Bertz CT molecular complexity index is 249. The quantitative estimate of drug-likeness (QED) is 0.653. The fraction of sp³-hybridized carbons (Fsp3) is 0.429. The maximum atomic E-state index is 5.77. The maximum absolute atomic E-state index is 5.77. The van der Waals surface area contributed by atoms with Gasteiger partial charge < -0.3 is 5.73 Å². The highest BCUT2D eigenvalue weighted by Gasteiger charge is 2.03. The maximum Gasteiger partial charge on any atom is 0.137 e. The van der Waals surface area contributed by atoms with Gasteiger partial charge in [-0.15, -0.1) is 0 Å². The molecule has 1 aromatic rings. The summed E-state index contributed by atoms with van der Waals surface area (Å²) in [5.74, 6) is 1.17. The van der Waals surface area contributed by atoms with Gasteiger partial charge in [-0.25, -0.2) is 9.97 Å². The lowest BCUT2D eigenvalue weighted by molar-refractivity contribution is 0.936. The Hall–Kier alpha value is -0.830. The number of hydrogen-bond donors (Lipinski definition) is 1. The molecule has 3 nitrogen and oxygen atoms in total. The largest absolute Gasteiger partial charge is 0.383 e. The molecule has 0 aliphatic carbocycles. The molecule has 11 heavy (non-hydrogen) atoms. The number of nitrogen functional groups attached to an aromatic ring is 1. The zero-order valence-electron chi connectivity index (χ0n) is 6.56. The van der Waals surface area contributed by atoms with Crippen LogP contribution in [0.2, 0.25) is 5.15 Å². The van der Waals surface area contributed by atoms with Crippen molar-refractivity contribution >= 4 is 17.4 Å². The molecule has 0 aromatic carbocycles. The first-order valence-corrected chi connectivity index (χ1v) is 3.81. The number of anilines is 1. The van der Waals surface area contributed by atoms with Crippen LogP contribution in [0.5, 0.6) is 0 Å². The Kier molecular flexibility index (Phi) is 2.29. The summed E-state index contributed by atoms with van der Waals surface area (Å²) in [4.78, 5) is 8.06. The molecule has 4 heteroatoms. The fourth-order valence-corrected chi connectivity index (χ4v) is 0.903. The zero-order valence-corrected chi connectivity index (χ0v) is 7.31. The summed E-state index contributed by atoms with van der Waals surface area (Å²) < 4.78 is 0. The van der Waals surface area contributed by atoms with E-state index >= 15 is 0 Å². The average molecular weight is 172 g/mol. The predicted molar refractivity (Wildman–Crippen MR) is 45.6 cm³/mol. The summed E-state index contributed by atoms with van der Waals surface area (Å²) in [6, 6.07) is 0. The van der Waals surface area contributed by atoms with E-state index in [1.165, 1.54) is 0 Å². The second-order valence-electron chi connectivity index (χ2n) is 2.29. The van der Waals surface area contributed by atoms with Crippen LogP contribution in [-0.4, -0.2) is 9.97 Å². The predicted octanol–water partition coefficient (Wildman–Crippen LogP) is 1.58. The molecule has 0 saturated heterocycles. The molecule has 1 aromatic heterocycles. The number of halogens is 1. The highest BCUT2D eigenvalue weighted by molar-refractivity contribution is 6.30. The van der Waals surface area contributed by atoms with Crippen molar-refractivity contribution in [1.82, 2.24) is 9.97 Å². The average Bonchev–Trinajstić information content (AvgIpc) is 1.99. The number of aromatic nitrogens is 2. The minimum atomic E-state index is 0.453. The first-order valence-electron chi connectivity index (χ1n) is 3.43. The van der Waals surface area contributed by atoms with Crippen molar-refractivity contribution in [1.29, 1.82) is 0 Å². The van der Waals surface area contributed by atoms with Gasteiger partial charge in [0.25, 0.3) is 0 Å². The van der Waals surface area contributed by atoms with Crippen LogP contribution >= 0.6 is 11.6 Å². The molecule has 1 heterocycles. The van der Waals surface area contributed by atoms with Gasteiger partial charge in [0.05, 0.1) is 0 Å². The molecule has 0 unspecified atom stereocenters. The van der Waals surface area contributed by atoms with Crippen molar-refractivity contribution in [3.63, 3.8) is 0 Å². The summed E-state index contributed by atoms with van der Waals surface area (Å²) in [5.41, 5.74) is 6.32. The summed E-state index contributed by atoms with van der Waals surface area (Å²) in [5, 5.41) is 0.453. The van der Waals surface area contributed by atoms with Gasteiger partial charge >= 0.3 is 0 Å². The van der Waals surface area contributed by atoms with Crippen molar-refractivity contribution in [3.05, 3.63) is 16.5 Å². The molecule has 0 saturated carbocycles. The molecule has 2 N–H and O–H groups in total. The first kappa shape index (κ1) is 8.27. The summed E-state index contributed by atoms with van der Waals surface area (Å²) in [6.45, 7) is 3.76. The number of aryl methyl sites for hydroxylation is 1. The van der Waals surface area contributed by atoms with Gasteiger partial charge in [0.1, 0.15) is 16.8 Å². The van der Waals surface area contributed by atoms with E-state index in [4.69, 9.17) is 17.3 Å². The molecule has 0 aliphatic heterocycles. The molecule has 1 rings (SSSR count).